The molecular weight excluding hydrogens is 338 g/mol. The van der Waals surface area contributed by atoms with E-state index in [0.29, 0.717) is 24.7 Å². The predicted molar refractivity (Wildman–Crippen MR) is 107 cm³/mol. The van der Waals surface area contributed by atoms with Gasteiger partial charge in [0, 0.05) is 45.0 Å². The summed E-state index contributed by atoms with van der Waals surface area (Å²) in [6, 6.07) is 10.3. The zero-order chi connectivity index (χ0) is 18.6. The lowest BCUT2D eigenvalue weighted by molar-refractivity contribution is 0.0740. The lowest BCUT2D eigenvalue weighted by Gasteiger charge is -2.36. The Bertz CT molecular complexity index is 756. The summed E-state index contributed by atoms with van der Waals surface area (Å²) in [7, 11) is 0. The van der Waals surface area contributed by atoms with Crippen LogP contribution in [0.15, 0.2) is 42.7 Å². The number of piperidine rings is 1. The van der Waals surface area contributed by atoms with Crippen molar-refractivity contribution in [1.29, 1.82) is 0 Å². The van der Waals surface area contributed by atoms with Gasteiger partial charge in [-0.2, -0.15) is 0 Å². The highest BCUT2D eigenvalue weighted by atomic mass is 16.2. The Kier molecular flexibility index (Phi) is 5.23. The molecule has 1 atom stereocenters. The molecule has 2 aliphatic rings. The van der Waals surface area contributed by atoms with E-state index < -0.39 is 0 Å². The van der Waals surface area contributed by atoms with Crippen LogP contribution in [-0.4, -0.2) is 60.0 Å². The molecule has 1 amide bonds. The average molecular weight is 365 g/mol. The second kappa shape index (κ2) is 7.94. The maximum Gasteiger partial charge on any atom is 0.274 e. The quantitative estimate of drug-likeness (QED) is 0.837. The van der Waals surface area contributed by atoms with Crippen molar-refractivity contribution >= 4 is 17.4 Å². The number of amides is 1. The van der Waals surface area contributed by atoms with Gasteiger partial charge in [-0.05, 0) is 30.9 Å². The second-order valence-electron chi connectivity index (χ2n) is 7.57. The zero-order valence-electron chi connectivity index (χ0n) is 15.9. The van der Waals surface area contributed by atoms with Crippen LogP contribution in [0.3, 0.4) is 0 Å². The van der Waals surface area contributed by atoms with Crippen molar-refractivity contribution in [3.8, 4) is 0 Å². The van der Waals surface area contributed by atoms with Crippen LogP contribution < -0.4 is 9.80 Å². The predicted octanol–water partition coefficient (Wildman–Crippen LogP) is 2.68. The summed E-state index contributed by atoms with van der Waals surface area (Å²) in [5, 5.41) is 0. The highest BCUT2D eigenvalue weighted by Gasteiger charge is 2.24. The van der Waals surface area contributed by atoms with Gasteiger partial charge in [0.15, 0.2) is 0 Å². The van der Waals surface area contributed by atoms with Gasteiger partial charge in [-0.3, -0.25) is 4.79 Å². The summed E-state index contributed by atoms with van der Waals surface area (Å²) in [6.07, 6.45) is 5.86. The maximum atomic E-state index is 12.8. The fraction of sp³-hybridized carbons (Fsp3) is 0.476. The molecule has 1 unspecified atom stereocenters. The van der Waals surface area contributed by atoms with Crippen molar-refractivity contribution in [3.05, 3.63) is 48.4 Å². The van der Waals surface area contributed by atoms with Gasteiger partial charge < -0.3 is 14.7 Å². The summed E-state index contributed by atoms with van der Waals surface area (Å²) in [5.41, 5.74) is 1.65. The van der Waals surface area contributed by atoms with Gasteiger partial charge in [-0.25, -0.2) is 9.97 Å². The van der Waals surface area contributed by atoms with Gasteiger partial charge in [0.05, 0.1) is 12.4 Å². The van der Waals surface area contributed by atoms with Crippen LogP contribution in [0, 0.1) is 5.92 Å². The monoisotopic (exact) mass is 365 g/mol. The minimum absolute atomic E-state index is 0.0197. The Morgan fingerprint density at radius 2 is 1.74 bits per heavy atom. The minimum Gasteiger partial charge on any atom is -0.368 e. The first-order valence-corrected chi connectivity index (χ1v) is 9.87. The number of anilines is 2. The number of hydrogen-bond acceptors (Lipinski definition) is 5. The van der Waals surface area contributed by atoms with Gasteiger partial charge >= 0.3 is 0 Å². The number of aromatic nitrogens is 2. The third-order valence-corrected chi connectivity index (χ3v) is 5.53. The number of hydrogen-bond donors (Lipinski definition) is 0. The molecule has 3 heterocycles. The molecule has 2 aromatic rings. The molecule has 0 bridgehead atoms. The van der Waals surface area contributed by atoms with Crippen LogP contribution in [0.1, 0.15) is 30.3 Å². The Labute approximate surface area is 160 Å². The van der Waals surface area contributed by atoms with Crippen LogP contribution in [0.4, 0.5) is 11.5 Å². The number of nitrogens with zero attached hydrogens (tertiary/aromatic N) is 5. The van der Waals surface area contributed by atoms with E-state index in [9.17, 15) is 4.79 Å². The van der Waals surface area contributed by atoms with Crippen LogP contribution >= 0.6 is 0 Å². The summed E-state index contributed by atoms with van der Waals surface area (Å²) in [4.78, 5) is 28.2. The molecule has 2 aliphatic heterocycles. The third kappa shape index (κ3) is 4.04. The number of para-hydroxylation sites is 1. The molecule has 4 rings (SSSR count). The van der Waals surface area contributed by atoms with E-state index in [1.54, 1.807) is 12.4 Å². The molecule has 0 radical (unpaired) electrons. The fourth-order valence-corrected chi connectivity index (χ4v) is 3.96. The van der Waals surface area contributed by atoms with E-state index in [2.05, 4.69) is 38.8 Å². The number of benzene rings is 1. The van der Waals surface area contributed by atoms with Crippen molar-refractivity contribution in [2.75, 3.05) is 49.1 Å². The van der Waals surface area contributed by atoms with E-state index in [0.717, 1.165) is 32.0 Å². The SMILES string of the molecule is CC1CCCN(c2cnc(C(=O)N3CCN(c4ccccc4)CC3)cn2)C1. The summed E-state index contributed by atoms with van der Waals surface area (Å²) < 4.78 is 0. The van der Waals surface area contributed by atoms with Crippen molar-refractivity contribution in [1.82, 2.24) is 14.9 Å². The Balaban J connectivity index is 1.36. The van der Waals surface area contributed by atoms with Gasteiger partial charge in [0.25, 0.3) is 5.91 Å². The summed E-state index contributed by atoms with van der Waals surface area (Å²) in [5.74, 6) is 1.54. The van der Waals surface area contributed by atoms with E-state index in [-0.39, 0.29) is 5.91 Å². The van der Waals surface area contributed by atoms with Crippen molar-refractivity contribution < 1.29 is 4.79 Å². The van der Waals surface area contributed by atoms with Crippen molar-refractivity contribution in [2.45, 2.75) is 19.8 Å². The average Bonchev–Trinajstić information content (AvgIpc) is 2.74. The molecule has 1 aromatic carbocycles. The summed E-state index contributed by atoms with van der Waals surface area (Å²) in [6.45, 7) is 7.41. The zero-order valence-corrected chi connectivity index (χ0v) is 15.9. The van der Waals surface area contributed by atoms with E-state index in [1.165, 1.54) is 18.5 Å². The molecule has 142 valence electrons. The molecule has 2 fully saturated rings. The molecule has 0 spiro atoms. The second-order valence-corrected chi connectivity index (χ2v) is 7.57. The highest BCUT2D eigenvalue weighted by Crippen LogP contribution is 2.21. The van der Waals surface area contributed by atoms with Crippen LogP contribution in [0.5, 0.6) is 0 Å². The molecule has 0 saturated carbocycles. The Morgan fingerprint density at radius 3 is 2.41 bits per heavy atom. The van der Waals surface area contributed by atoms with E-state index in [4.69, 9.17) is 0 Å². The third-order valence-electron chi connectivity index (χ3n) is 5.53. The number of piperazine rings is 1. The maximum absolute atomic E-state index is 12.8. The molecule has 0 N–H and O–H groups in total. The largest absolute Gasteiger partial charge is 0.368 e. The molecule has 27 heavy (non-hydrogen) atoms. The first kappa shape index (κ1) is 17.8. The highest BCUT2D eigenvalue weighted by molar-refractivity contribution is 5.92. The van der Waals surface area contributed by atoms with Gasteiger partial charge in [0.2, 0.25) is 0 Å². The van der Waals surface area contributed by atoms with Crippen LogP contribution in [0.25, 0.3) is 0 Å². The minimum atomic E-state index is -0.0197. The topological polar surface area (TPSA) is 52.6 Å². The van der Waals surface area contributed by atoms with E-state index >= 15 is 0 Å². The number of carbonyl (C=O) groups excluding carboxylic acids is 1. The van der Waals surface area contributed by atoms with Crippen molar-refractivity contribution in [3.63, 3.8) is 0 Å². The fourth-order valence-electron chi connectivity index (χ4n) is 3.96. The van der Waals surface area contributed by atoms with Crippen molar-refractivity contribution in [2.24, 2.45) is 5.92 Å². The molecular formula is C21H27N5O. The van der Waals surface area contributed by atoms with Crippen LogP contribution in [0.2, 0.25) is 0 Å². The van der Waals surface area contributed by atoms with Crippen LogP contribution in [-0.2, 0) is 0 Å². The molecule has 1 aromatic heterocycles. The lowest BCUT2D eigenvalue weighted by Crippen LogP contribution is -2.49. The van der Waals surface area contributed by atoms with Gasteiger partial charge in [-0.15, -0.1) is 0 Å². The first-order chi connectivity index (χ1) is 13.2. The molecule has 0 aliphatic carbocycles. The lowest BCUT2D eigenvalue weighted by atomic mass is 10.0. The molecule has 6 nitrogen and oxygen atoms in total. The normalized spacial score (nSPS) is 20.6. The number of rotatable bonds is 3. The Hall–Kier alpha value is -2.63. The van der Waals surface area contributed by atoms with E-state index in [1.807, 2.05) is 23.1 Å². The first-order valence-electron chi connectivity index (χ1n) is 9.87. The number of carbonyl (C=O) groups is 1. The Morgan fingerprint density at radius 1 is 0.963 bits per heavy atom. The standard InChI is InChI=1S/C21H27N5O/c1-17-6-5-9-26(16-17)20-15-22-19(14-23-20)21(27)25-12-10-24(11-13-25)18-7-3-2-4-8-18/h2-4,7-8,14-15,17H,5-6,9-13,16H2,1H3. The van der Waals surface area contributed by atoms with Gasteiger partial charge in [0.1, 0.15) is 11.5 Å². The van der Waals surface area contributed by atoms with Gasteiger partial charge in [-0.1, -0.05) is 25.1 Å². The molecule has 6 heteroatoms. The smallest absolute Gasteiger partial charge is 0.274 e. The summed E-state index contributed by atoms with van der Waals surface area (Å²) >= 11 is 0. The molecule has 2 saturated heterocycles.